The molecular weight excluding hydrogens is 288 g/mol. The third-order valence-electron chi connectivity index (χ3n) is 2.48. The van der Waals surface area contributed by atoms with Crippen LogP contribution in [0.3, 0.4) is 0 Å². The van der Waals surface area contributed by atoms with Crippen LogP contribution in [0.4, 0.5) is 0 Å². The fraction of sp³-hybridized carbons (Fsp3) is 0.455. The number of aryl methyl sites for hydroxylation is 2. The molecule has 112 valence electrons. The number of amides is 1. The predicted octanol–water partition coefficient (Wildman–Crippen LogP) is 0.00904. The van der Waals surface area contributed by atoms with Crippen LogP contribution in [0.25, 0.3) is 0 Å². The van der Waals surface area contributed by atoms with E-state index in [4.69, 9.17) is 9.52 Å². The minimum Gasteiger partial charge on any atom is -0.478 e. The van der Waals surface area contributed by atoms with Crippen LogP contribution in [0.2, 0.25) is 0 Å². The Morgan fingerprint density at radius 2 is 1.80 bits per heavy atom. The van der Waals surface area contributed by atoms with Gasteiger partial charge < -0.3 is 14.8 Å². The lowest BCUT2D eigenvalue weighted by Gasteiger charge is -2.07. The van der Waals surface area contributed by atoms with Gasteiger partial charge in [-0.3, -0.25) is 4.79 Å². The third kappa shape index (κ3) is 3.58. The highest BCUT2D eigenvalue weighted by atomic mass is 32.2. The summed E-state index contributed by atoms with van der Waals surface area (Å²) in [6.45, 7) is 4.12. The lowest BCUT2D eigenvalue weighted by Crippen LogP contribution is -2.34. The summed E-state index contributed by atoms with van der Waals surface area (Å²) < 4.78 is 31.5. The summed E-state index contributed by atoms with van der Waals surface area (Å²) in [6.07, 6.45) is 0. The van der Waals surface area contributed by atoms with Crippen molar-refractivity contribution >= 4 is 21.9 Å². The molecule has 0 saturated heterocycles. The van der Waals surface area contributed by atoms with Crippen LogP contribution < -0.4 is 10.0 Å². The quantitative estimate of drug-likeness (QED) is 0.636. The Bertz CT molecular complexity index is 632. The number of carboxylic acid groups (broad SMARTS) is 1. The molecule has 1 heterocycles. The first kappa shape index (κ1) is 16.2. The second-order valence-electron chi connectivity index (χ2n) is 4.10. The molecule has 0 aliphatic rings. The summed E-state index contributed by atoms with van der Waals surface area (Å²) in [5.74, 6) is -1.63. The first-order valence-corrected chi connectivity index (χ1v) is 7.22. The molecule has 3 N–H and O–H groups in total. The van der Waals surface area contributed by atoms with E-state index < -0.39 is 16.0 Å². The number of nitrogens with one attached hydrogen (secondary N) is 2. The molecular formula is C11H16N2O6S. The summed E-state index contributed by atoms with van der Waals surface area (Å²) in [5, 5.41) is 11.5. The van der Waals surface area contributed by atoms with Gasteiger partial charge >= 0.3 is 5.97 Å². The van der Waals surface area contributed by atoms with Crippen molar-refractivity contribution in [3.8, 4) is 0 Å². The van der Waals surface area contributed by atoms with Crippen LogP contribution in [0.5, 0.6) is 0 Å². The molecule has 8 nitrogen and oxygen atoms in total. The predicted molar refractivity (Wildman–Crippen MR) is 69.0 cm³/mol. The zero-order valence-corrected chi connectivity index (χ0v) is 12.1. The van der Waals surface area contributed by atoms with Gasteiger partial charge in [-0.25, -0.2) is 17.9 Å². The first-order chi connectivity index (χ1) is 9.16. The van der Waals surface area contributed by atoms with Crippen LogP contribution in [-0.4, -0.2) is 38.5 Å². The van der Waals surface area contributed by atoms with Gasteiger partial charge in [-0.15, -0.1) is 0 Å². The first-order valence-electron chi connectivity index (χ1n) is 5.74. The van der Waals surface area contributed by atoms with Gasteiger partial charge in [0.2, 0.25) is 15.9 Å². The Kier molecular flexibility index (Phi) is 4.90. The summed E-state index contributed by atoms with van der Waals surface area (Å²) in [7, 11) is -4.02. The van der Waals surface area contributed by atoms with Crippen molar-refractivity contribution in [3.63, 3.8) is 0 Å². The molecule has 0 spiro atoms. The number of hydrogen-bond acceptors (Lipinski definition) is 5. The summed E-state index contributed by atoms with van der Waals surface area (Å²) in [5.41, 5.74) is -0.380. The summed E-state index contributed by atoms with van der Waals surface area (Å²) in [4.78, 5) is 21.4. The van der Waals surface area contributed by atoms with Gasteiger partial charge in [-0.2, -0.15) is 0 Å². The number of carbonyl (C=O) groups excluding carboxylic acids is 1. The van der Waals surface area contributed by atoms with E-state index in [1.54, 1.807) is 0 Å². The van der Waals surface area contributed by atoms with E-state index in [1.807, 2.05) is 0 Å². The fourth-order valence-corrected chi connectivity index (χ4v) is 3.17. The average Bonchev–Trinajstić information content (AvgIpc) is 2.60. The van der Waals surface area contributed by atoms with Gasteiger partial charge in [0.25, 0.3) is 0 Å². The molecule has 0 atom stereocenters. The molecule has 0 saturated carbocycles. The molecule has 0 bridgehead atoms. The maximum Gasteiger partial charge on any atom is 0.340 e. The van der Waals surface area contributed by atoms with Crippen molar-refractivity contribution in [2.75, 3.05) is 13.1 Å². The molecule has 1 aromatic heterocycles. The Morgan fingerprint density at radius 1 is 1.20 bits per heavy atom. The standard InChI is InChI=1S/C11H16N2O6S/c1-6-9(11(15)16)10(7(2)19-6)20(17,18)13-5-4-12-8(3)14/h13H,4-5H2,1-3H3,(H,12,14)(H,15,16). The zero-order chi connectivity index (χ0) is 15.5. The van der Waals surface area contributed by atoms with Crippen LogP contribution in [0.1, 0.15) is 28.8 Å². The van der Waals surface area contributed by atoms with Crippen molar-refractivity contribution in [1.82, 2.24) is 10.0 Å². The van der Waals surface area contributed by atoms with E-state index >= 15 is 0 Å². The number of carbonyl (C=O) groups is 2. The molecule has 0 aliphatic heterocycles. The lowest BCUT2D eigenvalue weighted by atomic mass is 10.2. The molecule has 1 rings (SSSR count). The third-order valence-corrected chi connectivity index (χ3v) is 4.09. The smallest absolute Gasteiger partial charge is 0.340 e. The normalized spacial score (nSPS) is 11.3. The Labute approximate surface area is 116 Å². The maximum absolute atomic E-state index is 12.1. The van der Waals surface area contributed by atoms with E-state index in [0.717, 1.165) is 0 Å². The second kappa shape index (κ2) is 6.06. The largest absolute Gasteiger partial charge is 0.478 e. The molecule has 0 aliphatic carbocycles. The molecule has 0 aromatic carbocycles. The van der Waals surface area contributed by atoms with Gasteiger partial charge in [0, 0.05) is 20.0 Å². The Morgan fingerprint density at radius 3 is 2.30 bits per heavy atom. The van der Waals surface area contributed by atoms with Gasteiger partial charge in [-0.1, -0.05) is 0 Å². The number of sulfonamides is 1. The van der Waals surface area contributed by atoms with E-state index in [0.29, 0.717) is 0 Å². The average molecular weight is 304 g/mol. The molecule has 1 amide bonds. The van der Waals surface area contributed by atoms with Crippen molar-refractivity contribution in [3.05, 3.63) is 17.1 Å². The van der Waals surface area contributed by atoms with Crippen molar-refractivity contribution in [1.29, 1.82) is 0 Å². The molecule has 20 heavy (non-hydrogen) atoms. The maximum atomic E-state index is 12.1. The molecule has 0 unspecified atom stereocenters. The van der Waals surface area contributed by atoms with Gasteiger partial charge in [0.1, 0.15) is 22.0 Å². The van der Waals surface area contributed by atoms with Crippen LogP contribution >= 0.6 is 0 Å². The monoisotopic (exact) mass is 304 g/mol. The van der Waals surface area contributed by atoms with E-state index in [9.17, 15) is 18.0 Å². The van der Waals surface area contributed by atoms with Crippen LogP contribution in [0, 0.1) is 13.8 Å². The van der Waals surface area contributed by atoms with E-state index in [1.165, 1.54) is 20.8 Å². The minimum absolute atomic E-state index is 0.00641. The SMILES string of the molecule is CC(=O)NCCNS(=O)(=O)c1c(C)oc(C)c1C(=O)O. The van der Waals surface area contributed by atoms with Crippen LogP contribution in [-0.2, 0) is 14.8 Å². The number of hydrogen-bond donors (Lipinski definition) is 3. The molecule has 1 aromatic rings. The summed E-state index contributed by atoms with van der Waals surface area (Å²) in [6, 6.07) is 0. The van der Waals surface area contributed by atoms with Crippen LogP contribution in [0.15, 0.2) is 9.31 Å². The van der Waals surface area contributed by atoms with Gasteiger partial charge in [-0.05, 0) is 13.8 Å². The van der Waals surface area contributed by atoms with E-state index in [-0.39, 0.29) is 41.0 Å². The molecule has 0 fully saturated rings. The van der Waals surface area contributed by atoms with Crippen molar-refractivity contribution in [2.45, 2.75) is 25.7 Å². The molecule has 0 radical (unpaired) electrons. The van der Waals surface area contributed by atoms with Gasteiger partial charge in [0.05, 0.1) is 0 Å². The fourth-order valence-electron chi connectivity index (χ4n) is 1.73. The Balaban J connectivity index is 2.98. The van der Waals surface area contributed by atoms with Crippen molar-refractivity contribution < 1.29 is 27.5 Å². The highest BCUT2D eigenvalue weighted by molar-refractivity contribution is 7.89. The molecule has 9 heteroatoms. The Hall–Kier alpha value is -1.87. The highest BCUT2D eigenvalue weighted by Gasteiger charge is 2.30. The lowest BCUT2D eigenvalue weighted by molar-refractivity contribution is -0.118. The number of rotatable bonds is 6. The number of aromatic carboxylic acids is 1. The minimum atomic E-state index is -4.02. The second-order valence-corrected chi connectivity index (χ2v) is 5.81. The summed E-state index contributed by atoms with van der Waals surface area (Å²) >= 11 is 0. The zero-order valence-electron chi connectivity index (χ0n) is 11.3. The number of furan rings is 1. The number of carboxylic acids is 1. The topological polar surface area (TPSA) is 126 Å². The van der Waals surface area contributed by atoms with E-state index in [2.05, 4.69) is 10.0 Å². The highest BCUT2D eigenvalue weighted by Crippen LogP contribution is 2.26. The van der Waals surface area contributed by atoms with Gasteiger partial charge in [0.15, 0.2) is 0 Å². The van der Waals surface area contributed by atoms with Crippen molar-refractivity contribution in [2.24, 2.45) is 0 Å².